The van der Waals surface area contributed by atoms with Crippen LogP contribution in [0, 0.1) is 18.3 Å². The third-order valence-corrected chi connectivity index (χ3v) is 3.02. The molecule has 0 saturated heterocycles. The van der Waals surface area contributed by atoms with Gasteiger partial charge in [0, 0.05) is 0 Å². The number of nitrogens with zero attached hydrogens (tertiary/aromatic N) is 1. The lowest BCUT2D eigenvalue weighted by Gasteiger charge is -2.28. The van der Waals surface area contributed by atoms with Crippen molar-refractivity contribution in [1.82, 2.24) is 10.3 Å². The molecule has 1 rings (SSSR count). The van der Waals surface area contributed by atoms with Crippen molar-refractivity contribution in [3.05, 3.63) is 17.8 Å². The summed E-state index contributed by atoms with van der Waals surface area (Å²) in [5.41, 5.74) is -0.539. The maximum Gasteiger partial charge on any atom is 0.319 e. The quantitative estimate of drug-likeness (QED) is 0.666. The van der Waals surface area contributed by atoms with Gasteiger partial charge in [-0.3, -0.25) is 9.59 Å². The van der Waals surface area contributed by atoms with Crippen LogP contribution < -0.4 is 5.32 Å². The van der Waals surface area contributed by atoms with Gasteiger partial charge in [0.2, 0.25) is 11.8 Å². The molecular weight excluding hydrogens is 272 g/mol. The summed E-state index contributed by atoms with van der Waals surface area (Å²) < 4.78 is 10.4. The van der Waals surface area contributed by atoms with Gasteiger partial charge in [0.1, 0.15) is 17.7 Å². The van der Waals surface area contributed by atoms with E-state index in [0.717, 1.165) is 0 Å². The SMILES string of the molecule is CCOC(=O)C(C(=O)NC(C)c1ncc(C)o1)C(C)(C)C. The van der Waals surface area contributed by atoms with Gasteiger partial charge in [-0.1, -0.05) is 20.8 Å². The summed E-state index contributed by atoms with van der Waals surface area (Å²) in [6, 6.07) is -0.412. The van der Waals surface area contributed by atoms with E-state index in [1.54, 1.807) is 27.0 Å². The number of amides is 1. The van der Waals surface area contributed by atoms with Crippen molar-refractivity contribution in [2.45, 2.75) is 47.6 Å². The monoisotopic (exact) mass is 296 g/mol. The fourth-order valence-corrected chi connectivity index (χ4v) is 2.01. The second-order valence-electron chi connectivity index (χ2n) is 6.09. The number of hydrogen-bond acceptors (Lipinski definition) is 5. The number of nitrogens with one attached hydrogen (secondary N) is 1. The van der Waals surface area contributed by atoms with Gasteiger partial charge in [0.25, 0.3) is 0 Å². The predicted molar refractivity (Wildman–Crippen MR) is 77.4 cm³/mol. The Morgan fingerprint density at radius 1 is 1.43 bits per heavy atom. The predicted octanol–water partition coefficient (Wildman–Crippen LogP) is 2.39. The Kier molecular flexibility index (Phi) is 5.52. The van der Waals surface area contributed by atoms with Crippen LogP contribution in [0.4, 0.5) is 0 Å². The first kappa shape index (κ1) is 17.2. The fourth-order valence-electron chi connectivity index (χ4n) is 2.01. The van der Waals surface area contributed by atoms with Gasteiger partial charge in [0.15, 0.2) is 0 Å². The Bertz CT molecular complexity index is 502. The zero-order chi connectivity index (χ0) is 16.2. The van der Waals surface area contributed by atoms with Gasteiger partial charge in [-0.25, -0.2) is 4.98 Å². The van der Waals surface area contributed by atoms with Crippen LogP contribution in [0.25, 0.3) is 0 Å². The largest absolute Gasteiger partial charge is 0.465 e. The van der Waals surface area contributed by atoms with Crippen molar-refractivity contribution < 1.29 is 18.7 Å². The van der Waals surface area contributed by atoms with Gasteiger partial charge < -0.3 is 14.5 Å². The number of esters is 1. The number of rotatable bonds is 5. The van der Waals surface area contributed by atoms with Crippen molar-refractivity contribution in [1.29, 1.82) is 0 Å². The molecule has 0 radical (unpaired) electrons. The van der Waals surface area contributed by atoms with Crippen LogP contribution in [0.3, 0.4) is 0 Å². The molecule has 0 aliphatic carbocycles. The lowest BCUT2D eigenvalue weighted by Crippen LogP contribution is -2.44. The molecule has 1 N–H and O–H groups in total. The van der Waals surface area contributed by atoms with Crippen LogP contribution in [0.15, 0.2) is 10.6 Å². The number of hydrogen-bond donors (Lipinski definition) is 1. The molecule has 0 saturated carbocycles. The summed E-state index contributed by atoms with van der Waals surface area (Å²) in [6.45, 7) is 11.0. The summed E-state index contributed by atoms with van der Waals surface area (Å²) in [5.74, 6) is -0.695. The van der Waals surface area contributed by atoms with E-state index in [-0.39, 0.29) is 12.5 Å². The second kappa shape index (κ2) is 6.74. The molecule has 0 bridgehead atoms. The van der Waals surface area contributed by atoms with Gasteiger partial charge in [-0.15, -0.1) is 0 Å². The van der Waals surface area contributed by atoms with E-state index in [0.29, 0.717) is 11.7 Å². The molecule has 1 aromatic heterocycles. The van der Waals surface area contributed by atoms with E-state index in [1.807, 2.05) is 20.8 Å². The highest BCUT2D eigenvalue weighted by Crippen LogP contribution is 2.28. The van der Waals surface area contributed by atoms with Crippen molar-refractivity contribution in [3.63, 3.8) is 0 Å². The minimum Gasteiger partial charge on any atom is -0.465 e. The maximum atomic E-state index is 12.4. The lowest BCUT2D eigenvalue weighted by atomic mass is 9.80. The Labute approximate surface area is 125 Å². The molecule has 1 aromatic rings. The van der Waals surface area contributed by atoms with Gasteiger partial charge in [0.05, 0.1) is 12.8 Å². The van der Waals surface area contributed by atoms with E-state index in [2.05, 4.69) is 10.3 Å². The minimum atomic E-state index is -0.879. The summed E-state index contributed by atoms with van der Waals surface area (Å²) in [5, 5.41) is 2.76. The molecule has 0 aliphatic rings. The maximum absolute atomic E-state index is 12.4. The standard InChI is InChI=1S/C15H24N2O4/c1-7-20-14(19)11(15(4,5)6)12(18)17-10(3)13-16-8-9(2)21-13/h8,10-11H,7H2,1-6H3,(H,17,18). The fraction of sp³-hybridized carbons (Fsp3) is 0.667. The molecule has 6 nitrogen and oxygen atoms in total. The molecule has 1 amide bonds. The number of oxazole rings is 1. The third-order valence-electron chi connectivity index (χ3n) is 3.02. The molecule has 0 fully saturated rings. The first-order chi connectivity index (χ1) is 9.66. The molecule has 0 aliphatic heterocycles. The Hall–Kier alpha value is -1.85. The number of carbonyl (C=O) groups excluding carboxylic acids is 2. The summed E-state index contributed by atoms with van der Waals surface area (Å²) in [4.78, 5) is 28.5. The molecule has 6 heteroatoms. The zero-order valence-electron chi connectivity index (χ0n) is 13.5. The smallest absolute Gasteiger partial charge is 0.319 e. The molecule has 118 valence electrons. The van der Waals surface area contributed by atoms with E-state index in [1.165, 1.54) is 0 Å². The molecule has 2 atom stereocenters. The van der Waals surface area contributed by atoms with Crippen LogP contribution in [0.1, 0.15) is 52.3 Å². The van der Waals surface area contributed by atoms with Crippen LogP contribution >= 0.6 is 0 Å². The highest BCUT2D eigenvalue weighted by molar-refractivity contribution is 5.98. The molecule has 21 heavy (non-hydrogen) atoms. The van der Waals surface area contributed by atoms with Crippen LogP contribution in [-0.2, 0) is 14.3 Å². The third kappa shape index (κ3) is 4.58. The summed E-state index contributed by atoms with van der Waals surface area (Å²) >= 11 is 0. The van der Waals surface area contributed by atoms with Crippen LogP contribution in [0.5, 0.6) is 0 Å². The number of carbonyl (C=O) groups is 2. The van der Waals surface area contributed by atoms with E-state index < -0.39 is 23.3 Å². The zero-order valence-corrected chi connectivity index (χ0v) is 13.5. The van der Waals surface area contributed by atoms with Gasteiger partial charge >= 0.3 is 5.97 Å². The van der Waals surface area contributed by atoms with E-state index in [4.69, 9.17) is 9.15 Å². The summed E-state index contributed by atoms with van der Waals surface area (Å²) in [6.07, 6.45) is 1.59. The van der Waals surface area contributed by atoms with Crippen LogP contribution in [0.2, 0.25) is 0 Å². The van der Waals surface area contributed by atoms with Crippen molar-refractivity contribution in [2.75, 3.05) is 6.61 Å². The molecule has 1 heterocycles. The molecule has 2 unspecified atom stereocenters. The second-order valence-corrected chi connectivity index (χ2v) is 6.09. The van der Waals surface area contributed by atoms with E-state index in [9.17, 15) is 9.59 Å². The highest BCUT2D eigenvalue weighted by Gasteiger charge is 2.39. The first-order valence-corrected chi connectivity index (χ1v) is 7.06. The Balaban J connectivity index is 2.84. The van der Waals surface area contributed by atoms with Gasteiger partial charge in [-0.2, -0.15) is 0 Å². The average Bonchev–Trinajstić information content (AvgIpc) is 2.74. The Morgan fingerprint density at radius 2 is 2.05 bits per heavy atom. The highest BCUT2D eigenvalue weighted by atomic mass is 16.5. The normalized spacial score (nSPS) is 14.4. The number of aromatic nitrogens is 1. The molecule has 0 spiro atoms. The van der Waals surface area contributed by atoms with Crippen molar-refractivity contribution >= 4 is 11.9 Å². The average molecular weight is 296 g/mol. The molecular formula is C15H24N2O4. The van der Waals surface area contributed by atoms with Crippen LogP contribution in [-0.4, -0.2) is 23.5 Å². The van der Waals surface area contributed by atoms with Crippen molar-refractivity contribution in [3.8, 4) is 0 Å². The summed E-state index contributed by atoms with van der Waals surface area (Å²) in [7, 11) is 0. The van der Waals surface area contributed by atoms with Crippen molar-refractivity contribution in [2.24, 2.45) is 11.3 Å². The van der Waals surface area contributed by atoms with E-state index >= 15 is 0 Å². The first-order valence-electron chi connectivity index (χ1n) is 7.06. The minimum absolute atomic E-state index is 0.243. The molecule has 0 aromatic carbocycles. The number of aryl methyl sites for hydroxylation is 1. The lowest BCUT2D eigenvalue weighted by molar-refractivity contribution is -0.156. The Morgan fingerprint density at radius 3 is 2.48 bits per heavy atom. The van der Waals surface area contributed by atoms with Gasteiger partial charge in [-0.05, 0) is 26.2 Å². The number of ether oxygens (including phenoxy) is 1. The topological polar surface area (TPSA) is 81.4 Å².